The molecule has 2 heteroatoms. The molecule has 1 aromatic heterocycles. The number of anilines is 2. The van der Waals surface area contributed by atoms with Crippen LogP contribution in [0.2, 0.25) is 0 Å². The van der Waals surface area contributed by atoms with E-state index in [0.717, 1.165) is 17.8 Å². The third-order valence-corrected chi connectivity index (χ3v) is 7.39. The summed E-state index contributed by atoms with van der Waals surface area (Å²) in [7, 11) is 0. The SMILES string of the molecule is CC(C)c1cc(C(C)C)c2oc3c(c2c1)C=C(N(c1ccccc1)c1ccccc1)CC3C(C)C. The zero-order chi connectivity index (χ0) is 24.7. The molecule has 1 atom stereocenters. The smallest absolute Gasteiger partial charge is 0.138 e. The van der Waals surface area contributed by atoms with Crippen LogP contribution in [0.1, 0.15) is 88.2 Å². The highest BCUT2D eigenvalue weighted by Gasteiger charge is 2.33. The van der Waals surface area contributed by atoms with Crippen molar-refractivity contribution in [2.45, 2.75) is 65.7 Å². The average Bonchev–Trinajstić information content (AvgIpc) is 3.22. The fourth-order valence-electron chi connectivity index (χ4n) is 5.35. The van der Waals surface area contributed by atoms with Crippen LogP contribution < -0.4 is 4.90 Å². The third kappa shape index (κ3) is 4.31. The number of furan rings is 1. The van der Waals surface area contributed by atoms with Crippen LogP contribution in [0.25, 0.3) is 17.0 Å². The first-order valence-corrected chi connectivity index (χ1v) is 13.1. The monoisotopic (exact) mass is 463 g/mol. The Morgan fingerprint density at radius 2 is 1.37 bits per heavy atom. The van der Waals surface area contributed by atoms with Gasteiger partial charge in [0.15, 0.2) is 0 Å². The largest absolute Gasteiger partial charge is 0.460 e. The van der Waals surface area contributed by atoms with E-state index in [9.17, 15) is 0 Å². The Kier molecular flexibility index (Phi) is 6.32. The van der Waals surface area contributed by atoms with Gasteiger partial charge in [0.1, 0.15) is 11.3 Å². The lowest BCUT2D eigenvalue weighted by Crippen LogP contribution is -2.22. The lowest BCUT2D eigenvalue weighted by Gasteiger charge is -2.33. The molecular weight excluding hydrogens is 426 g/mol. The zero-order valence-corrected chi connectivity index (χ0v) is 21.9. The molecule has 2 nitrogen and oxygen atoms in total. The number of hydrogen-bond acceptors (Lipinski definition) is 2. The molecule has 180 valence electrons. The zero-order valence-electron chi connectivity index (χ0n) is 21.9. The molecule has 3 aromatic carbocycles. The molecule has 0 radical (unpaired) electrons. The van der Waals surface area contributed by atoms with Crippen molar-refractivity contribution in [2.75, 3.05) is 4.90 Å². The highest BCUT2D eigenvalue weighted by Crippen LogP contribution is 2.47. The molecule has 4 aromatic rings. The fraction of sp³-hybridized carbons (Fsp3) is 0.333. The van der Waals surface area contributed by atoms with Crippen molar-refractivity contribution in [3.63, 3.8) is 0 Å². The van der Waals surface area contributed by atoms with Gasteiger partial charge in [-0.15, -0.1) is 0 Å². The maximum atomic E-state index is 6.77. The second-order valence-electron chi connectivity index (χ2n) is 10.9. The van der Waals surface area contributed by atoms with E-state index in [2.05, 4.69) is 125 Å². The van der Waals surface area contributed by atoms with Crippen molar-refractivity contribution in [1.82, 2.24) is 0 Å². The molecule has 0 saturated heterocycles. The molecule has 0 N–H and O–H groups in total. The number of para-hydroxylation sites is 2. The van der Waals surface area contributed by atoms with Crippen LogP contribution in [-0.4, -0.2) is 0 Å². The Morgan fingerprint density at radius 3 is 1.89 bits per heavy atom. The number of benzene rings is 3. The van der Waals surface area contributed by atoms with Crippen molar-refractivity contribution in [3.05, 3.63) is 101 Å². The van der Waals surface area contributed by atoms with Gasteiger partial charge in [-0.3, -0.25) is 0 Å². The summed E-state index contributed by atoms with van der Waals surface area (Å²) in [5.74, 6) is 2.84. The molecule has 1 unspecified atom stereocenters. The lowest BCUT2D eigenvalue weighted by molar-refractivity contribution is 0.400. The Morgan fingerprint density at radius 1 is 0.771 bits per heavy atom. The number of rotatable bonds is 6. The molecule has 0 spiro atoms. The van der Waals surface area contributed by atoms with Gasteiger partial charge in [-0.1, -0.05) is 84.0 Å². The van der Waals surface area contributed by atoms with Crippen LogP contribution in [0.5, 0.6) is 0 Å². The second kappa shape index (κ2) is 9.41. The van der Waals surface area contributed by atoms with Gasteiger partial charge in [-0.05, 0) is 71.7 Å². The number of fused-ring (bicyclic) bond motifs is 3. The first-order chi connectivity index (χ1) is 16.8. The molecule has 5 rings (SSSR count). The summed E-state index contributed by atoms with van der Waals surface area (Å²) >= 11 is 0. The number of nitrogens with zero attached hydrogens (tertiary/aromatic N) is 1. The van der Waals surface area contributed by atoms with Crippen molar-refractivity contribution in [1.29, 1.82) is 0 Å². The summed E-state index contributed by atoms with van der Waals surface area (Å²) in [5.41, 5.74) is 8.74. The summed E-state index contributed by atoms with van der Waals surface area (Å²) in [6.07, 6.45) is 3.34. The number of hydrogen-bond donors (Lipinski definition) is 0. The first-order valence-electron chi connectivity index (χ1n) is 13.1. The highest BCUT2D eigenvalue weighted by atomic mass is 16.3. The molecule has 0 amide bonds. The molecule has 0 aliphatic heterocycles. The molecular formula is C33H37NO. The van der Waals surface area contributed by atoms with Crippen LogP contribution >= 0.6 is 0 Å². The molecule has 35 heavy (non-hydrogen) atoms. The van der Waals surface area contributed by atoms with Crippen molar-refractivity contribution >= 4 is 28.4 Å². The van der Waals surface area contributed by atoms with Crippen LogP contribution in [0, 0.1) is 5.92 Å². The van der Waals surface area contributed by atoms with E-state index < -0.39 is 0 Å². The Hall–Kier alpha value is -3.26. The van der Waals surface area contributed by atoms with Gasteiger partial charge in [0, 0.05) is 33.9 Å². The molecule has 0 fully saturated rings. The molecule has 1 heterocycles. The van der Waals surface area contributed by atoms with E-state index in [1.54, 1.807) is 0 Å². The third-order valence-electron chi connectivity index (χ3n) is 7.39. The Balaban J connectivity index is 1.78. The minimum absolute atomic E-state index is 0.329. The van der Waals surface area contributed by atoms with Gasteiger partial charge in [-0.25, -0.2) is 0 Å². The quantitative estimate of drug-likeness (QED) is 0.283. The van der Waals surface area contributed by atoms with Gasteiger partial charge in [0.25, 0.3) is 0 Å². The topological polar surface area (TPSA) is 16.4 Å². The first kappa shape index (κ1) is 23.5. The van der Waals surface area contributed by atoms with E-state index in [1.165, 1.54) is 39.1 Å². The standard InChI is InChI=1S/C33H37NO/c1-21(2)24-17-28(22(3)4)32-30(18-24)31-20-27(19-29(23(5)6)33(31)35-32)34(25-13-9-7-10-14-25)26-15-11-8-12-16-26/h7-18,20-23,29H,19H2,1-6H3. The van der Waals surface area contributed by atoms with Gasteiger partial charge in [-0.2, -0.15) is 0 Å². The molecule has 1 aliphatic rings. The number of allylic oxidation sites excluding steroid dienone is 1. The van der Waals surface area contributed by atoms with Crippen molar-refractivity contribution < 1.29 is 4.42 Å². The van der Waals surface area contributed by atoms with Crippen LogP contribution in [0.3, 0.4) is 0 Å². The van der Waals surface area contributed by atoms with E-state index in [1.807, 2.05) is 0 Å². The van der Waals surface area contributed by atoms with Crippen molar-refractivity contribution in [2.24, 2.45) is 5.92 Å². The maximum Gasteiger partial charge on any atom is 0.138 e. The van der Waals surface area contributed by atoms with E-state index in [-0.39, 0.29) is 0 Å². The summed E-state index contributed by atoms with van der Waals surface area (Å²) < 4.78 is 6.77. The average molecular weight is 464 g/mol. The van der Waals surface area contributed by atoms with Crippen LogP contribution in [0.15, 0.2) is 82.9 Å². The summed E-state index contributed by atoms with van der Waals surface area (Å²) in [4.78, 5) is 2.42. The Bertz CT molecular complexity index is 1300. The van der Waals surface area contributed by atoms with E-state index >= 15 is 0 Å². The van der Waals surface area contributed by atoms with Gasteiger partial charge < -0.3 is 9.32 Å². The minimum Gasteiger partial charge on any atom is -0.460 e. The minimum atomic E-state index is 0.329. The molecule has 0 saturated carbocycles. The van der Waals surface area contributed by atoms with Gasteiger partial charge in [0.05, 0.1) is 0 Å². The summed E-state index contributed by atoms with van der Waals surface area (Å²) in [5, 5.41) is 1.26. The predicted molar refractivity (Wildman–Crippen MR) is 150 cm³/mol. The normalized spacial score (nSPS) is 15.7. The van der Waals surface area contributed by atoms with E-state index in [0.29, 0.717) is 23.7 Å². The lowest BCUT2D eigenvalue weighted by atomic mass is 9.81. The van der Waals surface area contributed by atoms with Crippen molar-refractivity contribution in [3.8, 4) is 0 Å². The Labute approximate surface area is 210 Å². The highest BCUT2D eigenvalue weighted by molar-refractivity contribution is 5.94. The van der Waals surface area contributed by atoms with E-state index in [4.69, 9.17) is 4.42 Å². The predicted octanol–water partition coefficient (Wildman–Crippen LogP) is 10.0. The van der Waals surface area contributed by atoms with Gasteiger partial charge >= 0.3 is 0 Å². The fourth-order valence-corrected chi connectivity index (χ4v) is 5.35. The van der Waals surface area contributed by atoms with Crippen LogP contribution in [-0.2, 0) is 0 Å². The second-order valence-corrected chi connectivity index (χ2v) is 10.9. The maximum absolute atomic E-state index is 6.77. The van der Waals surface area contributed by atoms with Crippen LogP contribution in [0.4, 0.5) is 11.4 Å². The summed E-state index contributed by atoms with van der Waals surface area (Å²) in [6.45, 7) is 13.7. The molecule has 1 aliphatic carbocycles. The summed E-state index contributed by atoms with van der Waals surface area (Å²) in [6, 6.07) is 26.2. The molecule has 0 bridgehead atoms. The van der Waals surface area contributed by atoms with Gasteiger partial charge in [0.2, 0.25) is 0 Å².